The number of rotatable bonds is 4. The van der Waals surface area contributed by atoms with E-state index < -0.39 is 12.0 Å². The average molecular weight is 237 g/mol. The highest BCUT2D eigenvalue weighted by Crippen LogP contribution is 2.21. The Morgan fingerprint density at radius 2 is 2.18 bits per heavy atom. The van der Waals surface area contributed by atoms with Crippen molar-refractivity contribution in [3.63, 3.8) is 0 Å². The van der Waals surface area contributed by atoms with Crippen molar-refractivity contribution < 1.29 is 19.4 Å². The normalized spacial score (nSPS) is 12.4. The second-order valence-corrected chi connectivity index (χ2v) is 3.40. The zero-order valence-corrected chi connectivity index (χ0v) is 10.0. The van der Waals surface area contributed by atoms with E-state index >= 15 is 0 Å². The van der Waals surface area contributed by atoms with E-state index in [1.165, 1.54) is 26.5 Å². The molecule has 0 saturated heterocycles. The number of aliphatic imine (C=N–C) groups is 1. The van der Waals surface area contributed by atoms with Gasteiger partial charge in [0.25, 0.3) is 0 Å². The van der Waals surface area contributed by atoms with Gasteiger partial charge in [0.1, 0.15) is 17.5 Å². The minimum atomic E-state index is -0.606. The van der Waals surface area contributed by atoms with Gasteiger partial charge in [-0.05, 0) is 25.1 Å². The van der Waals surface area contributed by atoms with E-state index in [0.717, 1.165) is 0 Å². The fourth-order valence-corrected chi connectivity index (χ4v) is 1.19. The quantitative estimate of drug-likeness (QED) is 0.634. The third kappa shape index (κ3) is 3.48. The van der Waals surface area contributed by atoms with Gasteiger partial charge in [-0.15, -0.1) is 0 Å². The van der Waals surface area contributed by atoms with Crippen molar-refractivity contribution in [2.24, 2.45) is 4.99 Å². The van der Waals surface area contributed by atoms with Crippen LogP contribution in [0.1, 0.15) is 12.5 Å². The Balaban J connectivity index is 2.87. The molecule has 0 saturated carbocycles. The van der Waals surface area contributed by atoms with E-state index in [4.69, 9.17) is 4.74 Å². The summed E-state index contributed by atoms with van der Waals surface area (Å²) >= 11 is 0. The zero-order chi connectivity index (χ0) is 12.8. The van der Waals surface area contributed by atoms with E-state index in [1.54, 1.807) is 19.1 Å². The van der Waals surface area contributed by atoms with Gasteiger partial charge in [0.05, 0.1) is 14.2 Å². The lowest BCUT2D eigenvalue weighted by atomic mass is 10.2. The molecule has 92 valence electrons. The van der Waals surface area contributed by atoms with E-state index in [-0.39, 0.29) is 5.75 Å². The monoisotopic (exact) mass is 237 g/mol. The summed E-state index contributed by atoms with van der Waals surface area (Å²) in [6, 6.07) is 4.16. The number of benzene rings is 1. The van der Waals surface area contributed by atoms with Gasteiger partial charge in [-0.25, -0.2) is 4.79 Å². The van der Waals surface area contributed by atoms with E-state index in [1.807, 2.05) is 0 Å². The Morgan fingerprint density at radius 1 is 1.47 bits per heavy atom. The molecule has 0 amide bonds. The molecular weight excluding hydrogens is 222 g/mol. The highest BCUT2D eigenvalue weighted by molar-refractivity contribution is 5.86. The Hall–Kier alpha value is -2.04. The van der Waals surface area contributed by atoms with Crippen molar-refractivity contribution in [3.05, 3.63) is 23.8 Å². The highest BCUT2D eigenvalue weighted by Gasteiger charge is 2.10. The first-order valence-electron chi connectivity index (χ1n) is 5.06. The molecule has 1 aromatic rings. The minimum Gasteiger partial charge on any atom is -0.507 e. The number of carbonyl (C=O) groups excluding carboxylic acids is 1. The molecule has 1 N–H and O–H groups in total. The molecule has 0 aromatic heterocycles. The lowest BCUT2D eigenvalue weighted by Crippen LogP contribution is -2.16. The summed E-state index contributed by atoms with van der Waals surface area (Å²) in [5.41, 5.74) is 0.486. The maximum Gasteiger partial charge on any atom is 0.330 e. The zero-order valence-electron chi connectivity index (χ0n) is 10.0. The summed E-state index contributed by atoms with van der Waals surface area (Å²) in [5, 5.41) is 9.58. The van der Waals surface area contributed by atoms with Crippen LogP contribution in [0.2, 0.25) is 0 Å². The van der Waals surface area contributed by atoms with Crippen molar-refractivity contribution in [2.75, 3.05) is 14.2 Å². The number of esters is 1. The molecule has 0 unspecified atom stereocenters. The fourth-order valence-electron chi connectivity index (χ4n) is 1.19. The smallest absolute Gasteiger partial charge is 0.330 e. The molecule has 1 aromatic carbocycles. The van der Waals surface area contributed by atoms with Crippen LogP contribution >= 0.6 is 0 Å². The number of hydrogen-bond donors (Lipinski definition) is 1. The molecule has 0 bridgehead atoms. The Kier molecular flexibility index (Phi) is 4.51. The van der Waals surface area contributed by atoms with Gasteiger partial charge in [-0.2, -0.15) is 0 Å². The van der Waals surface area contributed by atoms with Crippen molar-refractivity contribution in [1.29, 1.82) is 0 Å². The van der Waals surface area contributed by atoms with Crippen LogP contribution in [0.5, 0.6) is 11.5 Å². The van der Waals surface area contributed by atoms with Gasteiger partial charge in [0.15, 0.2) is 0 Å². The van der Waals surface area contributed by atoms with Crippen molar-refractivity contribution in [1.82, 2.24) is 0 Å². The summed E-state index contributed by atoms with van der Waals surface area (Å²) in [7, 11) is 2.84. The lowest BCUT2D eigenvalue weighted by Gasteiger charge is -2.05. The van der Waals surface area contributed by atoms with Gasteiger partial charge in [0.2, 0.25) is 0 Å². The maximum absolute atomic E-state index is 11.1. The number of methoxy groups -OCH3 is 2. The molecule has 0 fully saturated rings. The van der Waals surface area contributed by atoms with Crippen molar-refractivity contribution in [2.45, 2.75) is 13.0 Å². The molecule has 0 aliphatic carbocycles. The Labute approximate surface area is 99.7 Å². The van der Waals surface area contributed by atoms with Gasteiger partial charge in [-0.1, -0.05) is 0 Å². The number of nitrogens with zero attached hydrogens (tertiary/aromatic N) is 1. The van der Waals surface area contributed by atoms with Gasteiger partial charge in [-0.3, -0.25) is 4.99 Å². The summed E-state index contributed by atoms with van der Waals surface area (Å²) < 4.78 is 9.56. The van der Waals surface area contributed by atoms with Crippen LogP contribution in [0.3, 0.4) is 0 Å². The molecule has 0 spiro atoms. The number of ether oxygens (including phenoxy) is 2. The van der Waals surface area contributed by atoms with Crippen LogP contribution < -0.4 is 4.74 Å². The summed E-state index contributed by atoms with van der Waals surface area (Å²) in [6.45, 7) is 1.61. The van der Waals surface area contributed by atoms with Crippen molar-refractivity contribution in [3.8, 4) is 11.5 Å². The Morgan fingerprint density at radius 3 is 2.76 bits per heavy atom. The van der Waals surface area contributed by atoms with Crippen LogP contribution in [0, 0.1) is 0 Å². The van der Waals surface area contributed by atoms with E-state index in [2.05, 4.69) is 9.73 Å². The largest absolute Gasteiger partial charge is 0.507 e. The standard InChI is InChI=1S/C12H15NO4/c1-8(12(15)17-3)13-7-9-6-10(16-2)4-5-11(9)14/h4-8,14H,1-3H3/t8-/m0/s1. The summed E-state index contributed by atoms with van der Waals surface area (Å²) in [4.78, 5) is 15.1. The maximum atomic E-state index is 11.1. The SMILES string of the molecule is COC(=O)[C@H](C)N=Cc1cc(OC)ccc1O. The summed E-state index contributed by atoms with van der Waals surface area (Å²) in [5.74, 6) is 0.255. The van der Waals surface area contributed by atoms with Gasteiger partial charge < -0.3 is 14.6 Å². The third-order valence-corrected chi connectivity index (χ3v) is 2.21. The molecule has 0 heterocycles. The predicted molar refractivity (Wildman–Crippen MR) is 63.7 cm³/mol. The molecule has 0 radical (unpaired) electrons. The number of hydrogen-bond acceptors (Lipinski definition) is 5. The van der Waals surface area contributed by atoms with E-state index in [9.17, 15) is 9.90 Å². The minimum absolute atomic E-state index is 0.0756. The second-order valence-electron chi connectivity index (χ2n) is 3.40. The molecule has 1 atom stereocenters. The second kappa shape index (κ2) is 5.89. The van der Waals surface area contributed by atoms with Crippen molar-refractivity contribution >= 4 is 12.2 Å². The van der Waals surface area contributed by atoms with Crippen LogP contribution in [0.15, 0.2) is 23.2 Å². The number of phenolic OH excluding ortho intramolecular Hbond substituents is 1. The number of carbonyl (C=O) groups is 1. The molecule has 0 aliphatic heterocycles. The van der Waals surface area contributed by atoms with Crippen LogP contribution in [0.25, 0.3) is 0 Å². The molecular formula is C12H15NO4. The molecule has 17 heavy (non-hydrogen) atoms. The lowest BCUT2D eigenvalue weighted by molar-refractivity contribution is -0.141. The first-order chi connectivity index (χ1) is 8.08. The van der Waals surface area contributed by atoms with Gasteiger partial charge in [0, 0.05) is 11.8 Å². The first kappa shape index (κ1) is 13.0. The molecule has 5 nitrogen and oxygen atoms in total. The molecule has 5 heteroatoms. The molecule has 1 rings (SSSR count). The highest BCUT2D eigenvalue weighted by atomic mass is 16.5. The fraction of sp³-hybridized carbons (Fsp3) is 0.333. The predicted octanol–water partition coefficient (Wildman–Crippen LogP) is 1.38. The van der Waals surface area contributed by atoms with Gasteiger partial charge >= 0.3 is 5.97 Å². The van der Waals surface area contributed by atoms with Crippen LogP contribution in [0.4, 0.5) is 0 Å². The average Bonchev–Trinajstić information content (AvgIpc) is 2.36. The first-order valence-corrected chi connectivity index (χ1v) is 5.06. The van der Waals surface area contributed by atoms with Crippen LogP contribution in [-0.4, -0.2) is 37.6 Å². The van der Waals surface area contributed by atoms with E-state index in [0.29, 0.717) is 11.3 Å². The third-order valence-electron chi connectivity index (χ3n) is 2.21. The molecule has 0 aliphatic rings. The topological polar surface area (TPSA) is 68.1 Å². The van der Waals surface area contributed by atoms with Crippen LogP contribution in [-0.2, 0) is 9.53 Å². The summed E-state index contributed by atoms with van der Waals surface area (Å²) in [6.07, 6.45) is 1.42. The Bertz CT molecular complexity index is 429. The number of aromatic hydroxyl groups is 1. The number of phenols is 1.